The van der Waals surface area contributed by atoms with Gasteiger partial charge in [-0.1, -0.05) is 42.1 Å². The minimum atomic E-state index is 0.476. The Hall–Kier alpha value is -1.52. The molecule has 0 radical (unpaired) electrons. The number of nitrogens with zero attached hydrogens (tertiary/aromatic N) is 2. The fourth-order valence-corrected chi connectivity index (χ4v) is 3.04. The van der Waals surface area contributed by atoms with E-state index in [-0.39, 0.29) is 0 Å². The van der Waals surface area contributed by atoms with E-state index in [0.717, 1.165) is 11.4 Å². The van der Waals surface area contributed by atoms with Crippen molar-refractivity contribution in [3.05, 3.63) is 40.0 Å². The third kappa shape index (κ3) is 3.62. The molecule has 1 aliphatic rings. The van der Waals surface area contributed by atoms with E-state index in [1.165, 1.54) is 25.7 Å². The molecule has 4 nitrogen and oxygen atoms in total. The van der Waals surface area contributed by atoms with E-state index in [4.69, 9.17) is 23.2 Å². The van der Waals surface area contributed by atoms with E-state index in [1.807, 2.05) is 25.1 Å². The maximum atomic E-state index is 6.21. The van der Waals surface area contributed by atoms with Gasteiger partial charge in [-0.2, -0.15) is 4.98 Å². The Kier molecular flexibility index (Phi) is 4.69. The van der Waals surface area contributed by atoms with Crippen LogP contribution in [0.3, 0.4) is 0 Å². The number of anilines is 3. The number of hydrogen-bond donors (Lipinski definition) is 2. The molecular weight excluding hydrogens is 319 g/mol. The minimum Gasteiger partial charge on any atom is -0.351 e. The van der Waals surface area contributed by atoms with E-state index in [1.54, 1.807) is 6.07 Å². The summed E-state index contributed by atoms with van der Waals surface area (Å²) in [5.74, 6) is 1.37. The van der Waals surface area contributed by atoms with Crippen molar-refractivity contribution in [1.29, 1.82) is 0 Å². The second kappa shape index (κ2) is 6.71. The largest absolute Gasteiger partial charge is 0.351 e. The average Bonchev–Trinajstić information content (AvgIpc) is 2.96. The molecule has 1 aromatic heterocycles. The normalized spacial score (nSPS) is 15.0. The van der Waals surface area contributed by atoms with Crippen LogP contribution in [0.2, 0.25) is 10.0 Å². The quantitative estimate of drug-likeness (QED) is 0.806. The average molecular weight is 337 g/mol. The van der Waals surface area contributed by atoms with Crippen LogP contribution in [0, 0.1) is 6.92 Å². The van der Waals surface area contributed by atoms with Crippen LogP contribution in [0.25, 0.3) is 0 Å². The van der Waals surface area contributed by atoms with Crippen LogP contribution in [0.15, 0.2) is 24.3 Å². The molecule has 1 aliphatic carbocycles. The van der Waals surface area contributed by atoms with E-state index in [0.29, 0.717) is 27.9 Å². The summed E-state index contributed by atoms with van der Waals surface area (Å²) in [5.41, 5.74) is 1.63. The first-order valence-corrected chi connectivity index (χ1v) is 8.20. The van der Waals surface area contributed by atoms with E-state index >= 15 is 0 Å². The summed E-state index contributed by atoms with van der Waals surface area (Å²) in [6, 6.07) is 7.84. The Morgan fingerprint density at radius 2 is 1.91 bits per heavy atom. The Bertz CT molecular complexity index is 669. The van der Waals surface area contributed by atoms with Crippen LogP contribution in [-0.2, 0) is 0 Å². The molecule has 2 N–H and O–H groups in total. The van der Waals surface area contributed by atoms with Gasteiger partial charge in [0.2, 0.25) is 5.95 Å². The summed E-state index contributed by atoms with van der Waals surface area (Å²) in [5, 5.41) is 7.63. The number of hydrogen-bond acceptors (Lipinski definition) is 4. The van der Waals surface area contributed by atoms with E-state index in [9.17, 15) is 0 Å². The minimum absolute atomic E-state index is 0.476. The van der Waals surface area contributed by atoms with Gasteiger partial charge in [0, 0.05) is 17.8 Å². The lowest BCUT2D eigenvalue weighted by atomic mass is 10.2. The van der Waals surface area contributed by atoms with Gasteiger partial charge in [0.25, 0.3) is 0 Å². The lowest BCUT2D eigenvalue weighted by Crippen LogP contribution is -2.17. The summed E-state index contributed by atoms with van der Waals surface area (Å²) in [7, 11) is 0. The van der Waals surface area contributed by atoms with E-state index in [2.05, 4.69) is 20.6 Å². The van der Waals surface area contributed by atoms with Gasteiger partial charge in [-0.05, 0) is 31.9 Å². The molecule has 2 aromatic rings. The third-order valence-corrected chi connectivity index (χ3v) is 4.58. The fourth-order valence-electron chi connectivity index (χ4n) is 2.69. The first-order valence-electron chi connectivity index (χ1n) is 7.45. The van der Waals surface area contributed by atoms with Gasteiger partial charge >= 0.3 is 0 Å². The molecule has 0 atom stereocenters. The van der Waals surface area contributed by atoms with Crippen molar-refractivity contribution >= 4 is 40.7 Å². The van der Waals surface area contributed by atoms with Crippen molar-refractivity contribution < 1.29 is 0 Å². The number of halogens is 2. The van der Waals surface area contributed by atoms with Crippen molar-refractivity contribution in [2.75, 3.05) is 10.6 Å². The molecule has 0 unspecified atom stereocenters. The Balaban J connectivity index is 1.81. The molecule has 1 heterocycles. The summed E-state index contributed by atoms with van der Waals surface area (Å²) < 4.78 is 0. The van der Waals surface area contributed by atoms with Gasteiger partial charge < -0.3 is 10.6 Å². The van der Waals surface area contributed by atoms with Gasteiger partial charge in [-0.3, -0.25) is 0 Å². The third-order valence-electron chi connectivity index (χ3n) is 3.76. The zero-order chi connectivity index (χ0) is 15.5. The van der Waals surface area contributed by atoms with Crippen LogP contribution in [0.4, 0.5) is 17.5 Å². The monoisotopic (exact) mass is 336 g/mol. The highest BCUT2D eigenvalue weighted by Crippen LogP contribution is 2.31. The Morgan fingerprint density at radius 3 is 2.68 bits per heavy atom. The molecule has 6 heteroatoms. The number of aromatic nitrogens is 2. The summed E-state index contributed by atoms with van der Waals surface area (Å²) in [4.78, 5) is 8.99. The van der Waals surface area contributed by atoms with Gasteiger partial charge in [0.15, 0.2) is 0 Å². The van der Waals surface area contributed by atoms with Crippen LogP contribution in [-0.4, -0.2) is 16.0 Å². The highest BCUT2D eigenvalue weighted by molar-refractivity contribution is 6.43. The van der Waals surface area contributed by atoms with Crippen LogP contribution >= 0.6 is 23.2 Å². The molecule has 0 bridgehead atoms. The predicted molar refractivity (Wildman–Crippen MR) is 92.4 cm³/mol. The van der Waals surface area contributed by atoms with E-state index < -0.39 is 0 Å². The molecule has 0 spiro atoms. The molecule has 22 heavy (non-hydrogen) atoms. The smallest absolute Gasteiger partial charge is 0.225 e. The molecule has 1 fully saturated rings. The van der Waals surface area contributed by atoms with Gasteiger partial charge in [-0.15, -0.1) is 0 Å². The van der Waals surface area contributed by atoms with Crippen molar-refractivity contribution in [3.63, 3.8) is 0 Å². The maximum absolute atomic E-state index is 6.21. The van der Waals surface area contributed by atoms with Crippen molar-refractivity contribution in [1.82, 2.24) is 9.97 Å². The first kappa shape index (κ1) is 15.4. The Labute approximate surface area is 140 Å². The standard InChI is InChI=1S/C16H18Cl2N4/c1-10-9-14(21-13-8-4-7-12(17)15(13)18)22-16(19-10)20-11-5-2-3-6-11/h4,7-9,11H,2-3,5-6H2,1H3,(H2,19,20,21,22). The van der Waals surface area contributed by atoms with Gasteiger partial charge in [0.05, 0.1) is 15.7 Å². The molecule has 0 saturated heterocycles. The topological polar surface area (TPSA) is 49.8 Å². The molecule has 0 amide bonds. The second-order valence-electron chi connectivity index (χ2n) is 5.57. The van der Waals surface area contributed by atoms with Crippen LogP contribution in [0.5, 0.6) is 0 Å². The number of benzene rings is 1. The molecule has 1 saturated carbocycles. The molecule has 1 aromatic carbocycles. The zero-order valence-corrected chi connectivity index (χ0v) is 13.9. The zero-order valence-electron chi connectivity index (χ0n) is 12.4. The predicted octanol–water partition coefficient (Wildman–Crippen LogP) is 5.19. The lowest BCUT2D eigenvalue weighted by molar-refractivity contribution is 0.743. The van der Waals surface area contributed by atoms with Crippen molar-refractivity contribution in [3.8, 4) is 0 Å². The summed E-state index contributed by atoms with van der Waals surface area (Å²) >= 11 is 12.2. The van der Waals surface area contributed by atoms with Crippen molar-refractivity contribution in [2.24, 2.45) is 0 Å². The van der Waals surface area contributed by atoms with Gasteiger partial charge in [0.1, 0.15) is 5.82 Å². The SMILES string of the molecule is Cc1cc(Nc2cccc(Cl)c2Cl)nc(NC2CCCC2)n1. The number of aryl methyl sites for hydroxylation is 1. The van der Waals surface area contributed by atoms with Crippen molar-refractivity contribution in [2.45, 2.75) is 38.6 Å². The van der Waals surface area contributed by atoms with Gasteiger partial charge in [-0.25, -0.2) is 4.98 Å². The molecule has 0 aliphatic heterocycles. The number of nitrogens with one attached hydrogen (secondary N) is 2. The first-order chi connectivity index (χ1) is 10.6. The second-order valence-corrected chi connectivity index (χ2v) is 6.36. The Morgan fingerprint density at radius 1 is 1.14 bits per heavy atom. The van der Waals surface area contributed by atoms with Crippen LogP contribution in [0.1, 0.15) is 31.4 Å². The molecular formula is C16H18Cl2N4. The highest BCUT2D eigenvalue weighted by Gasteiger charge is 2.16. The summed E-state index contributed by atoms with van der Waals surface area (Å²) in [6.45, 7) is 1.95. The molecule has 116 valence electrons. The number of rotatable bonds is 4. The fraction of sp³-hybridized carbons (Fsp3) is 0.375. The lowest BCUT2D eigenvalue weighted by Gasteiger charge is -2.14. The highest BCUT2D eigenvalue weighted by atomic mass is 35.5. The summed E-state index contributed by atoms with van der Waals surface area (Å²) in [6.07, 6.45) is 4.90. The molecule has 3 rings (SSSR count). The maximum Gasteiger partial charge on any atom is 0.225 e. The van der Waals surface area contributed by atoms with Crippen LogP contribution < -0.4 is 10.6 Å².